The Morgan fingerprint density at radius 1 is 1.07 bits per heavy atom. The summed E-state index contributed by atoms with van der Waals surface area (Å²) < 4.78 is 7.67. The number of hydrogen-bond donors (Lipinski definition) is 0. The Hall–Kier alpha value is -3.69. The lowest BCUT2D eigenvalue weighted by atomic mass is 10.1. The zero-order valence-corrected chi connectivity index (χ0v) is 17.1. The molecule has 6 heteroatoms. The van der Waals surface area contributed by atoms with Crippen LogP contribution in [0, 0.1) is 12.3 Å². The van der Waals surface area contributed by atoms with Crippen molar-refractivity contribution < 1.29 is 14.3 Å². The quantitative estimate of drug-likeness (QED) is 0.367. The Labute approximate surface area is 177 Å². The van der Waals surface area contributed by atoms with Gasteiger partial charge in [-0.2, -0.15) is 4.99 Å². The van der Waals surface area contributed by atoms with Gasteiger partial charge in [-0.05, 0) is 48.0 Å². The molecule has 1 heterocycles. The Kier molecular flexibility index (Phi) is 5.46. The van der Waals surface area contributed by atoms with Crippen molar-refractivity contribution in [1.29, 1.82) is 0 Å². The van der Waals surface area contributed by atoms with Crippen LogP contribution in [0.5, 0.6) is 0 Å². The number of terminal acetylenes is 1. The number of thiazole rings is 1. The second kappa shape index (κ2) is 8.36. The third kappa shape index (κ3) is 3.76. The van der Waals surface area contributed by atoms with Crippen LogP contribution in [0.4, 0.5) is 0 Å². The van der Waals surface area contributed by atoms with E-state index in [9.17, 15) is 9.59 Å². The fourth-order valence-electron chi connectivity index (χ4n) is 3.22. The van der Waals surface area contributed by atoms with E-state index < -0.39 is 0 Å². The maximum Gasteiger partial charge on any atom is 0.338 e. The Balaban J connectivity index is 1.80. The summed E-state index contributed by atoms with van der Waals surface area (Å²) >= 11 is 1.31. The van der Waals surface area contributed by atoms with Crippen molar-refractivity contribution in [2.24, 2.45) is 4.99 Å². The molecule has 148 valence electrons. The van der Waals surface area contributed by atoms with Crippen LogP contribution >= 0.6 is 11.3 Å². The number of rotatable bonds is 4. The number of nitrogens with zero attached hydrogens (tertiary/aromatic N) is 2. The van der Waals surface area contributed by atoms with Gasteiger partial charge in [0.05, 0.1) is 28.9 Å². The molecule has 0 spiro atoms. The maximum absolute atomic E-state index is 12.9. The first-order chi connectivity index (χ1) is 14.6. The molecule has 0 radical (unpaired) electrons. The number of carbonyl (C=O) groups is 2. The van der Waals surface area contributed by atoms with E-state index in [1.807, 2.05) is 36.4 Å². The highest BCUT2D eigenvalue weighted by Crippen LogP contribution is 2.21. The number of ether oxygens (including phenoxy) is 1. The molecule has 0 atom stereocenters. The molecule has 4 aromatic rings. The maximum atomic E-state index is 12.9. The predicted octanol–water partition coefficient (Wildman–Crippen LogP) is 4.41. The second-order valence-electron chi connectivity index (χ2n) is 6.56. The molecule has 0 saturated carbocycles. The highest BCUT2D eigenvalue weighted by atomic mass is 32.1. The normalized spacial score (nSPS) is 11.5. The summed E-state index contributed by atoms with van der Waals surface area (Å²) in [5.74, 6) is 1.87. The summed E-state index contributed by atoms with van der Waals surface area (Å²) in [6, 6.07) is 18.6. The number of hydrogen-bond acceptors (Lipinski definition) is 4. The third-order valence-electron chi connectivity index (χ3n) is 4.64. The molecule has 4 rings (SSSR count). The van der Waals surface area contributed by atoms with Gasteiger partial charge in [-0.25, -0.2) is 4.79 Å². The van der Waals surface area contributed by atoms with Crippen LogP contribution in [-0.4, -0.2) is 23.1 Å². The van der Waals surface area contributed by atoms with Gasteiger partial charge in [0.1, 0.15) is 0 Å². The largest absolute Gasteiger partial charge is 0.462 e. The molecule has 0 aliphatic carbocycles. The van der Waals surface area contributed by atoms with Gasteiger partial charge in [-0.1, -0.05) is 47.6 Å². The highest BCUT2D eigenvalue weighted by Gasteiger charge is 2.13. The van der Waals surface area contributed by atoms with Gasteiger partial charge in [0.15, 0.2) is 4.80 Å². The zero-order valence-electron chi connectivity index (χ0n) is 16.3. The Morgan fingerprint density at radius 3 is 2.60 bits per heavy atom. The first-order valence-corrected chi connectivity index (χ1v) is 10.2. The van der Waals surface area contributed by atoms with E-state index in [4.69, 9.17) is 11.2 Å². The minimum Gasteiger partial charge on any atom is -0.462 e. The van der Waals surface area contributed by atoms with Gasteiger partial charge in [0.25, 0.3) is 5.91 Å². The van der Waals surface area contributed by atoms with Crippen molar-refractivity contribution >= 4 is 44.2 Å². The molecule has 3 aromatic carbocycles. The molecule has 0 saturated heterocycles. The summed E-state index contributed by atoms with van der Waals surface area (Å²) in [6.07, 6.45) is 5.53. The van der Waals surface area contributed by atoms with Crippen molar-refractivity contribution in [3.8, 4) is 12.3 Å². The van der Waals surface area contributed by atoms with Crippen molar-refractivity contribution in [2.45, 2.75) is 13.5 Å². The van der Waals surface area contributed by atoms with Crippen LogP contribution in [0.3, 0.4) is 0 Å². The van der Waals surface area contributed by atoms with Gasteiger partial charge in [0, 0.05) is 5.56 Å². The average Bonchev–Trinajstić information content (AvgIpc) is 3.10. The van der Waals surface area contributed by atoms with Gasteiger partial charge in [-0.15, -0.1) is 6.42 Å². The highest BCUT2D eigenvalue weighted by molar-refractivity contribution is 7.16. The first kappa shape index (κ1) is 19.6. The standard InChI is InChI=1S/C24H18N2O3S/c1-3-13-26-20-12-11-19(23(28)29-4-2)15-21(20)30-24(26)25-22(27)18-10-9-16-7-5-6-8-17(16)14-18/h1,5-12,14-15H,4,13H2,2H3. The zero-order chi connectivity index (χ0) is 21.1. The molecule has 0 aliphatic rings. The number of fused-ring (bicyclic) bond motifs is 2. The van der Waals surface area contributed by atoms with Crippen LogP contribution in [0.2, 0.25) is 0 Å². The summed E-state index contributed by atoms with van der Waals surface area (Å²) in [4.78, 5) is 29.7. The van der Waals surface area contributed by atoms with E-state index >= 15 is 0 Å². The molecule has 0 fully saturated rings. The lowest BCUT2D eigenvalue weighted by Gasteiger charge is -2.03. The summed E-state index contributed by atoms with van der Waals surface area (Å²) in [6.45, 7) is 2.33. The molecule has 0 aliphatic heterocycles. The van der Waals surface area contributed by atoms with Gasteiger partial charge in [-0.3, -0.25) is 4.79 Å². The van der Waals surface area contributed by atoms with Crippen LogP contribution in [0.25, 0.3) is 21.0 Å². The summed E-state index contributed by atoms with van der Waals surface area (Å²) in [7, 11) is 0. The van der Waals surface area contributed by atoms with E-state index in [1.54, 1.807) is 35.8 Å². The van der Waals surface area contributed by atoms with Crippen molar-refractivity contribution in [3.05, 3.63) is 76.6 Å². The second-order valence-corrected chi connectivity index (χ2v) is 7.57. The Morgan fingerprint density at radius 2 is 1.83 bits per heavy atom. The number of benzene rings is 3. The van der Waals surface area contributed by atoms with Crippen LogP contribution in [-0.2, 0) is 11.3 Å². The number of esters is 1. The first-order valence-electron chi connectivity index (χ1n) is 9.42. The van der Waals surface area contributed by atoms with Crippen molar-refractivity contribution in [1.82, 2.24) is 4.57 Å². The molecule has 5 nitrogen and oxygen atoms in total. The smallest absolute Gasteiger partial charge is 0.338 e. The number of amides is 1. The molecule has 1 aromatic heterocycles. The number of carbonyl (C=O) groups excluding carboxylic acids is 2. The SMILES string of the molecule is C#CCn1c(=NC(=O)c2ccc3ccccc3c2)sc2cc(C(=O)OCC)ccc21. The third-order valence-corrected chi connectivity index (χ3v) is 5.68. The lowest BCUT2D eigenvalue weighted by molar-refractivity contribution is 0.0526. The molecule has 30 heavy (non-hydrogen) atoms. The van der Waals surface area contributed by atoms with Crippen LogP contribution in [0.1, 0.15) is 27.6 Å². The molecular weight excluding hydrogens is 396 g/mol. The van der Waals surface area contributed by atoms with E-state index in [2.05, 4.69) is 10.9 Å². The fraction of sp³-hybridized carbons (Fsp3) is 0.125. The molecule has 0 unspecified atom stereocenters. The fourth-order valence-corrected chi connectivity index (χ4v) is 4.28. The van der Waals surface area contributed by atoms with Crippen molar-refractivity contribution in [3.63, 3.8) is 0 Å². The topological polar surface area (TPSA) is 60.7 Å². The average molecular weight is 414 g/mol. The lowest BCUT2D eigenvalue weighted by Crippen LogP contribution is -2.16. The van der Waals surface area contributed by atoms with Crippen LogP contribution in [0.15, 0.2) is 65.7 Å². The van der Waals surface area contributed by atoms with Crippen molar-refractivity contribution in [2.75, 3.05) is 6.61 Å². The molecule has 1 amide bonds. The number of aromatic nitrogens is 1. The van der Waals surface area contributed by atoms with E-state index in [0.29, 0.717) is 22.5 Å². The van der Waals surface area contributed by atoms with E-state index in [-0.39, 0.29) is 18.4 Å². The Bertz CT molecular complexity index is 1390. The summed E-state index contributed by atoms with van der Waals surface area (Å²) in [5.41, 5.74) is 1.77. The molecule has 0 bridgehead atoms. The monoisotopic (exact) mass is 414 g/mol. The van der Waals surface area contributed by atoms with Gasteiger partial charge < -0.3 is 9.30 Å². The van der Waals surface area contributed by atoms with Gasteiger partial charge >= 0.3 is 5.97 Å². The predicted molar refractivity (Wildman–Crippen MR) is 118 cm³/mol. The minimum atomic E-state index is -0.387. The molecule has 0 N–H and O–H groups in total. The van der Waals surface area contributed by atoms with E-state index in [0.717, 1.165) is 21.0 Å². The summed E-state index contributed by atoms with van der Waals surface area (Å²) in [5, 5.41) is 2.04. The molecular formula is C24H18N2O3S. The minimum absolute atomic E-state index is 0.266. The van der Waals surface area contributed by atoms with E-state index in [1.165, 1.54) is 11.3 Å². The van der Waals surface area contributed by atoms with Gasteiger partial charge in [0.2, 0.25) is 0 Å². The van der Waals surface area contributed by atoms with Crippen LogP contribution < -0.4 is 4.80 Å².